The van der Waals surface area contributed by atoms with Crippen LogP contribution in [-0.4, -0.2) is 17.3 Å². The summed E-state index contributed by atoms with van der Waals surface area (Å²) in [6, 6.07) is 3.52. The van der Waals surface area contributed by atoms with Crippen LogP contribution >= 0.6 is 28.1 Å². The van der Waals surface area contributed by atoms with Gasteiger partial charge in [-0.15, -0.1) is 0 Å². The van der Waals surface area contributed by atoms with Crippen molar-refractivity contribution in [1.82, 2.24) is 4.98 Å². The number of hydrogen-bond donors (Lipinski definition) is 0. The van der Waals surface area contributed by atoms with Gasteiger partial charge in [-0.25, -0.2) is 4.98 Å². The highest BCUT2D eigenvalue weighted by molar-refractivity contribution is 9.10. The molecule has 1 aromatic rings. The average Bonchev–Trinajstić information content (AvgIpc) is 2.05. The first-order valence-electron chi connectivity index (χ1n) is 3.06. The van der Waals surface area contributed by atoms with Crippen LogP contribution in [-0.2, 0) is 0 Å². The lowest BCUT2D eigenvalue weighted by Crippen LogP contribution is -1.85. The third kappa shape index (κ3) is 2.11. The Morgan fingerprint density at radius 2 is 2.42 bits per heavy atom. The normalized spacial score (nSPS) is 8.83. The summed E-state index contributed by atoms with van der Waals surface area (Å²) >= 11 is 7.66. The van der Waals surface area contributed by atoms with Gasteiger partial charge in [-0.2, -0.15) is 4.99 Å². The second kappa shape index (κ2) is 4.30. The van der Waals surface area contributed by atoms with Crippen molar-refractivity contribution in [2.45, 2.75) is 0 Å². The summed E-state index contributed by atoms with van der Waals surface area (Å²) in [6.07, 6.45) is 0. The van der Waals surface area contributed by atoms with Crippen LogP contribution in [0.2, 0.25) is 0 Å². The van der Waals surface area contributed by atoms with Crippen LogP contribution < -0.4 is 4.74 Å². The summed E-state index contributed by atoms with van der Waals surface area (Å²) in [5.41, 5.74) is 0. The van der Waals surface area contributed by atoms with E-state index in [1.807, 2.05) is 0 Å². The van der Waals surface area contributed by atoms with Crippen molar-refractivity contribution in [1.29, 1.82) is 0 Å². The number of halogens is 1. The van der Waals surface area contributed by atoms with E-state index in [4.69, 9.17) is 4.74 Å². The highest BCUT2D eigenvalue weighted by atomic mass is 79.9. The zero-order valence-electron chi connectivity index (χ0n) is 6.24. The molecule has 1 heterocycles. The number of pyridine rings is 1. The molecule has 0 bridgehead atoms. The Balaban J connectivity index is 3.20. The van der Waals surface area contributed by atoms with Crippen molar-refractivity contribution in [2.24, 2.45) is 4.99 Å². The Hall–Kier alpha value is -0.770. The number of isothiocyanates is 1. The number of nitrogens with zero attached hydrogens (tertiary/aromatic N) is 2. The standard InChI is InChI=1S/C7H5BrN2OS/c1-11-5-2-3-6(8)10-7(5)9-4-12/h2-3H,1H3. The van der Waals surface area contributed by atoms with Crippen LogP contribution in [0.3, 0.4) is 0 Å². The van der Waals surface area contributed by atoms with Gasteiger partial charge < -0.3 is 4.74 Å². The number of aromatic nitrogens is 1. The first-order chi connectivity index (χ1) is 5.77. The van der Waals surface area contributed by atoms with Gasteiger partial charge >= 0.3 is 0 Å². The van der Waals surface area contributed by atoms with E-state index in [2.05, 4.69) is 43.3 Å². The fourth-order valence-corrected chi connectivity index (χ4v) is 1.08. The fraction of sp³-hybridized carbons (Fsp3) is 0.143. The van der Waals surface area contributed by atoms with Crippen molar-refractivity contribution in [2.75, 3.05) is 7.11 Å². The minimum absolute atomic E-state index is 0.432. The van der Waals surface area contributed by atoms with Crippen molar-refractivity contribution >= 4 is 39.1 Å². The Kier molecular flexibility index (Phi) is 3.34. The lowest BCUT2D eigenvalue weighted by molar-refractivity contribution is 0.414. The number of thiocarbonyl (C=S) groups is 1. The van der Waals surface area contributed by atoms with Gasteiger partial charge in [0.15, 0.2) is 5.75 Å². The number of aliphatic imine (C=N–C) groups is 1. The van der Waals surface area contributed by atoms with E-state index in [1.165, 1.54) is 0 Å². The molecule has 0 aliphatic heterocycles. The van der Waals surface area contributed by atoms with Gasteiger partial charge in [0, 0.05) is 0 Å². The maximum atomic E-state index is 4.99. The molecule has 3 nitrogen and oxygen atoms in total. The van der Waals surface area contributed by atoms with E-state index in [0.29, 0.717) is 16.2 Å². The first kappa shape index (κ1) is 9.32. The molecule has 0 fully saturated rings. The minimum Gasteiger partial charge on any atom is -0.493 e. The Labute approximate surface area is 83.6 Å². The molecule has 0 atom stereocenters. The second-order valence-electron chi connectivity index (χ2n) is 1.86. The largest absolute Gasteiger partial charge is 0.493 e. The Bertz CT molecular complexity index is 336. The summed E-state index contributed by atoms with van der Waals surface area (Å²) in [7, 11) is 1.55. The molecule has 0 aromatic carbocycles. The first-order valence-corrected chi connectivity index (χ1v) is 4.26. The van der Waals surface area contributed by atoms with Crippen LogP contribution in [0.4, 0.5) is 5.82 Å². The molecular formula is C7H5BrN2OS. The lowest BCUT2D eigenvalue weighted by atomic mass is 10.4. The molecule has 0 saturated carbocycles. The molecule has 0 aliphatic rings. The van der Waals surface area contributed by atoms with Crippen molar-refractivity contribution in [3.8, 4) is 5.75 Å². The summed E-state index contributed by atoms with van der Waals surface area (Å²) in [6.45, 7) is 0. The Morgan fingerprint density at radius 1 is 1.67 bits per heavy atom. The van der Waals surface area contributed by atoms with Crippen LogP contribution in [0.5, 0.6) is 5.75 Å². The second-order valence-corrected chi connectivity index (χ2v) is 2.86. The molecule has 1 aromatic heterocycles. The highest BCUT2D eigenvalue weighted by Crippen LogP contribution is 2.25. The number of methoxy groups -OCH3 is 1. The van der Waals surface area contributed by atoms with Gasteiger partial charge in [-0.05, 0) is 40.3 Å². The van der Waals surface area contributed by atoms with Gasteiger partial charge in [-0.3, -0.25) is 0 Å². The zero-order chi connectivity index (χ0) is 8.97. The maximum absolute atomic E-state index is 4.99. The summed E-state index contributed by atoms with van der Waals surface area (Å²) in [5, 5.41) is 2.23. The average molecular weight is 245 g/mol. The molecule has 0 radical (unpaired) electrons. The predicted molar refractivity (Wildman–Crippen MR) is 53.2 cm³/mol. The van der Waals surface area contributed by atoms with E-state index in [0.717, 1.165) is 0 Å². The van der Waals surface area contributed by atoms with E-state index in [9.17, 15) is 0 Å². The molecule has 12 heavy (non-hydrogen) atoms. The van der Waals surface area contributed by atoms with E-state index < -0.39 is 0 Å². The van der Waals surface area contributed by atoms with Crippen LogP contribution in [0, 0.1) is 0 Å². The number of hydrogen-bond acceptors (Lipinski definition) is 4. The van der Waals surface area contributed by atoms with E-state index >= 15 is 0 Å². The molecule has 1 rings (SSSR count). The quantitative estimate of drug-likeness (QED) is 0.456. The van der Waals surface area contributed by atoms with E-state index in [-0.39, 0.29) is 0 Å². The van der Waals surface area contributed by atoms with E-state index in [1.54, 1.807) is 19.2 Å². The third-order valence-corrected chi connectivity index (χ3v) is 1.71. The van der Waals surface area contributed by atoms with Crippen LogP contribution in [0.25, 0.3) is 0 Å². The molecule has 0 amide bonds. The smallest absolute Gasteiger partial charge is 0.206 e. The molecule has 5 heteroatoms. The van der Waals surface area contributed by atoms with Gasteiger partial charge in [0.25, 0.3) is 0 Å². The third-order valence-electron chi connectivity index (χ3n) is 1.18. The SMILES string of the molecule is COc1ccc(Br)nc1N=C=S. The molecule has 0 N–H and O–H groups in total. The fourth-order valence-electron chi connectivity index (χ4n) is 0.695. The number of rotatable bonds is 2. The zero-order valence-corrected chi connectivity index (χ0v) is 8.65. The van der Waals surface area contributed by atoms with Gasteiger partial charge in [-0.1, -0.05) is 0 Å². The monoisotopic (exact) mass is 244 g/mol. The van der Waals surface area contributed by atoms with Crippen molar-refractivity contribution < 1.29 is 4.74 Å². The molecular weight excluding hydrogens is 240 g/mol. The molecule has 0 saturated heterocycles. The Morgan fingerprint density at radius 3 is 3.00 bits per heavy atom. The van der Waals surface area contributed by atoms with Crippen LogP contribution in [0.1, 0.15) is 0 Å². The van der Waals surface area contributed by atoms with Crippen LogP contribution in [0.15, 0.2) is 21.7 Å². The van der Waals surface area contributed by atoms with Gasteiger partial charge in [0.05, 0.1) is 12.3 Å². The van der Waals surface area contributed by atoms with Crippen molar-refractivity contribution in [3.05, 3.63) is 16.7 Å². The molecule has 0 unspecified atom stereocenters. The van der Waals surface area contributed by atoms with Crippen molar-refractivity contribution in [3.63, 3.8) is 0 Å². The van der Waals surface area contributed by atoms with Gasteiger partial charge in [0.2, 0.25) is 5.82 Å². The molecule has 0 aliphatic carbocycles. The maximum Gasteiger partial charge on any atom is 0.206 e. The molecule has 62 valence electrons. The predicted octanol–water partition coefficient (Wildman–Crippen LogP) is 2.59. The summed E-state index contributed by atoms with van der Waals surface area (Å²) in [5.74, 6) is 1.01. The van der Waals surface area contributed by atoms with Gasteiger partial charge in [0.1, 0.15) is 4.60 Å². The lowest BCUT2D eigenvalue weighted by Gasteiger charge is -2.01. The summed E-state index contributed by atoms with van der Waals surface area (Å²) in [4.78, 5) is 7.77. The minimum atomic E-state index is 0.432. The number of ether oxygens (including phenoxy) is 1. The topological polar surface area (TPSA) is 34.5 Å². The highest BCUT2D eigenvalue weighted by Gasteiger charge is 2.02. The molecule has 0 spiro atoms. The summed E-state index contributed by atoms with van der Waals surface area (Å²) < 4.78 is 5.68.